The van der Waals surface area contributed by atoms with E-state index in [0.29, 0.717) is 18.8 Å². The van der Waals surface area contributed by atoms with E-state index in [1.807, 2.05) is 17.0 Å². The van der Waals surface area contributed by atoms with Crippen molar-refractivity contribution in [2.24, 2.45) is 5.92 Å². The Morgan fingerprint density at radius 3 is 2.62 bits per heavy atom. The third-order valence-electron chi connectivity index (χ3n) is 4.84. The second kappa shape index (κ2) is 5.98. The third-order valence-corrected chi connectivity index (χ3v) is 5.09. The van der Waals surface area contributed by atoms with Crippen molar-refractivity contribution in [2.75, 3.05) is 13.1 Å². The molecule has 1 N–H and O–H groups in total. The van der Waals surface area contributed by atoms with Crippen LogP contribution in [0.15, 0.2) is 24.3 Å². The van der Waals surface area contributed by atoms with E-state index in [1.165, 1.54) is 5.56 Å². The first-order valence-corrected chi connectivity index (χ1v) is 8.21. The summed E-state index contributed by atoms with van der Waals surface area (Å²) in [6.07, 6.45) is 5.17. The molecule has 1 amide bonds. The maximum absolute atomic E-state index is 12.5. The van der Waals surface area contributed by atoms with Gasteiger partial charge in [0.25, 0.3) is 5.91 Å². The molecule has 0 aromatic heterocycles. The summed E-state index contributed by atoms with van der Waals surface area (Å²) in [5.74, 6) is 0.443. The lowest BCUT2D eigenvalue weighted by Gasteiger charge is -2.27. The van der Waals surface area contributed by atoms with Crippen LogP contribution >= 0.6 is 11.6 Å². The molecule has 2 aliphatic rings. The van der Waals surface area contributed by atoms with E-state index in [1.54, 1.807) is 0 Å². The Bertz CT molecular complexity index is 508. The van der Waals surface area contributed by atoms with Gasteiger partial charge in [-0.2, -0.15) is 0 Å². The molecule has 1 aromatic carbocycles. The average Bonchev–Trinajstić information content (AvgIpc) is 3.11. The molecule has 1 heterocycles. The topological polar surface area (TPSA) is 40.5 Å². The maximum Gasteiger partial charge on any atom is 0.254 e. The van der Waals surface area contributed by atoms with Crippen molar-refractivity contribution in [3.63, 3.8) is 0 Å². The van der Waals surface area contributed by atoms with Crippen LogP contribution in [0.2, 0.25) is 5.02 Å². The summed E-state index contributed by atoms with van der Waals surface area (Å²) in [7, 11) is 0. The van der Waals surface area contributed by atoms with Crippen molar-refractivity contribution >= 4 is 17.5 Å². The van der Waals surface area contributed by atoms with Gasteiger partial charge in [-0.3, -0.25) is 4.79 Å². The SMILES string of the molecule is O=C(N1CCC(Cc2ccc(Cl)cc2)C1)C1(O)CCCC1. The number of rotatable bonds is 3. The number of benzene rings is 1. The van der Waals surface area contributed by atoms with Gasteiger partial charge in [0.15, 0.2) is 0 Å². The molecule has 1 saturated carbocycles. The van der Waals surface area contributed by atoms with Crippen LogP contribution in [0.4, 0.5) is 0 Å². The van der Waals surface area contributed by atoms with Gasteiger partial charge in [-0.05, 0) is 62.1 Å². The van der Waals surface area contributed by atoms with Gasteiger partial charge >= 0.3 is 0 Å². The minimum Gasteiger partial charge on any atom is -0.380 e. The zero-order chi connectivity index (χ0) is 14.9. The largest absolute Gasteiger partial charge is 0.380 e. The van der Waals surface area contributed by atoms with Crippen molar-refractivity contribution in [1.82, 2.24) is 4.90 Å². The van der Waals surface area contributed by atoms with Gasteiger partial charge in [0.1, 0.15) is 5.60 Å². The number of likely N-dealkylation sites (tertiary alicyclic amines) is 1. The molecule has 2 fully saturated rings. The fourth-order valence-electron chi connectivity index (χ4n) is 3.61. The monoisotopic (exact) mass is 307 g/mol. The van der Waals surface area contributed by atoms with Crippen LogP contribution in [0.25, 0.3) is 0 Å². The minimum atomic E-state index is -1.07. The van der Waals surface area contributed by atoms with Gasteiger partial charge in [0.05, 0.1) is 0 Å². The maximum atomic E-state index is 12.5. The van der Waals surface area contributed by atoms with Crippen LogP contribution in [0.1, 0.15) is 37.7 Å². The average molecular weight is 308 g/mol. The highest BCUT2D eigenvalue weighted by Crippen LogP contribution is 2.33. The van der Waals surface area contributed by atoms with Crippen molar-refractivity contribution in [1.29, 1.82) is 0 Å². The molecule has 3 rings (SSSR count). The number of hydrogen-bond donors (Lipinski definition) is 1. The minimum absolute atomic E-state index is 0.0430. The Morgan fingerprint density at radius 1 is 1.29 bits per heavy atom. The second-order valence-electron chi connectivity index (χ2n) is 6.48. The van der Waals surface area contributed by atoms with E-state index < -0.39 is 5.60 Å². The van der Waals surface area contributed by atoms with Crippen LogP contribution in [0, 0.1) is 5.92 Å². The molecule has 4 heteroatoms. The molecule has 1 unspecified atom stereocenters. The number of amides is 1. The Kier molecular flexibility index (Phi) is 4.23. The Hall–Kier alpha value is -1.06. The normalized spacial score (nSPS) is 24.5. The van der Waals surface area contributed by atoms with E-state index in [0.717, 1.165) is 43.8 Å². The van der Waals surface area contributed by atoms with Crippen LogP contribution in [-0.2, 0) is 11.2 Å². The number of aliphatic hydroxyl groups is 1. The van der Waals surface area contributed by atoms with E-state index >= 15 is 0 Å². The van der Waals surface area contributed by atoms with E-state index in [4.69, 9.17) is 11.6 Å². The van der Waals surface area contributed by atoms with Gasteiger partial charge in [-0.1, -0.05) is 23.7 Å². The predicted molar refractivity (Wildman–Crippen MR) is 83.3 cm³/mol. The molecule has 0 bridgehead atoms. The molecule has 114 valence electrons. The number of carbonyl (C=O) groups is 1. The lowest BCUT2D eigenvalue weighted by Crippen LogP contribution is -2.46. The van der Waals surface area contributed by atoms with E-state index in [9.17, 15) is 9.90 Å². The van der Waals surface area contributed by atoms with E-state index in [2.05, 4.69) is 12.1 Å². The standard InChI is InChI=1S/C17H22ClNO2/c18-15-5-3-13(4-6-15)11-14-7-10-19(12-14)16(20)17(21)8-1-2-9-17/h3-6,14,21H,1-2,7-12H2. The summed E-state index contributed by atoms with van der Waals surface area (Å²) in [6.45, 7) is 1.54. The highest BCUT2D eigenvalue weighted by molar-refractivity contribution is 6.30. The number of halogens is 1. The molecule has 1 saturated heterocycles. The van der Waals surface area contributed by atoms with E-state index in [-0.39, 0.29) is 5.91 Å². The first-order valence-electron chi connectivity index (χ1n) is 7.83. The highest BCUT2D eigenvalue weighted by atomic mass is 35.5. The van der Waals surface area contributed by atoms with Crippen molar-refractivity contribution in [2.45, 2.75) is 44.1 Å². The van der Waals surface area contributed by atoms with Gasteiger partial charge in [0, 0.05) is 18.1 Å². The fraction of sp³-hybridized carbons (Fsp3) is 0.588. The van der Waals surface area contributed by atoms with Crippen LogP contribution < -0.4 is 0 Å². The van der Waals surface area contributed by atoms with Gasteiger partial charge < -0.3 is 10.0 Å². The third kappa shape index (κ3) is 3.24. The van der Waals surface area contributed by atoms with Crippen LogP contribution in [-0.4, -0.2) is 34.6 Å². The molecule has 1 atom stereocenters. The first-order chi connectivity index (χ1) is 10.1. The highest BCUT2D eigenvalue weighted by Gasteiger charge is 2.43. The zero-order valence-electron chi connectivity index (χ0n) is 12.2. The Morgan fingerprint density at radius 2 is 1.95 bits per heavy atom. The zero-order valence-corrected chi connectivity index (χ0v) is 13.0. The summed E-state index contributed by atoms with van der Waals surface area (Å²) in [4.78, 5) is 14.3. The second-order valence-corrected chi connectivity index (χ2v) is 6.91. The van der Waals surface area contributed by atoms with Gasteiger partial charge in [0.2, 0.25) is 0 Å². The number of carbonyl (C=O) groups excluding carboxylic acids is 1. The summed E-state index contributed by atoms with van der Waals surface area (Å²) in [6, 6.07) is 7.93. The lowest BCUT2D eigenvalue weighted by molar-refractivity contribution is -0.149. The summed E-state index contributed by atoms with van der Waals surface area (Å²) in [5.41, 5.74) is 0.188. The lowest BCUT2D eigenvalue weighted by atomic mass is 9.98. The Balaban J connectivity index is 1.58. The molecule has 0 spiro atoms. The quantitative estimate of drug-likeness (QED) is 0.932. The summed E-state index contributed by atoms with van der Waals surface area (Å²) >= 11 is 5.90. The fourth-order valence-corrected chi connectivity index (χ4v) is 3.73. The number of hydrogen-bond acceptors (Lipinski definition) is 2. The first kappa shape index (κ1) is 14.9. The molecule has 21 heavy (non-hydrogen) atoms. The number of nitrogens with zero attached hydrogens (tertiary/aromatic N) is 1. The molecule has 3 nitrogen and oxygen atoms in total. The summed E-state index contributed by atoms with van der Waals surface area (Å²) in [5, 5.41) is 11.2. The Labute approximate surface area is 130 Å². The van der Waals surface area contributed by atoms with Crippen molar-refractivity contribution < 1.29 is 9.90 Å². The molecule has 0 radical (unpaired) electrons. The van der Waals surface area contributed by atoms with Crippen molar-refractivity contribution in [3.05, 3.63) is 34.9 Å². The predicted octanol–water partition coefficient (Wildman–Crippen LogP) is 3.04. The molecule has 1 aromatic rings. The van der Waals surface area contributed by atoms with Gasteiger partial charge in [-0.15, -0.1) is 0 Å². The molecular formula is C17H22ClNO2. The van der Waals surface area contributed by atoms with Crippen molar-refractivity contribution in [3.8, 4) is 0 Å². The van der Waals surface area contributed by atoms with Crippen LogP contribution in [0.3, 0.4) is 0 Å². The smallest absolute Gasteiger partial charge is 0.254 e. The van der Waals surface area contributed by atoms with Crippen LogP contribution in [0.5, 0.6) is 0 Å². The molecule has 1 aliphatic carbocycles. The molecule has 1 aliphatic heterocycles. The molecular weight excluding hydrogens is 286 g/mol. The van der Waals surface area contributed by atoms with Gasteiger partial charge in [-0.25, -0.2) is 0 Å². The summed E-state index contributed by atoms with van der Waals surface area (Å²) < 4.78 is 0.